The van der Waals surface area contributed by atoms with Gasteiger partial charge in [0.05, 0.1) is 0 Å². The lowest BCUT2D eigenvalue weighted by Gasteiger charge is -2.15. The maximum absolute atomic E-state index is 12.3. The average Bonchev–Trinajstić information content (AvgIpc) is 3.30. The molecule has 26 heavy (non-hydrogen) atoms. The molecule has 0 radical (unpaired) electrons. The molecular formula is C18H28N6OS. The van der Waals surface area contributed by atoms with E-state index in [1.165, 1.54) is 4.88 Å². The van der Waals surface area contributed by atoms with E-state index in [-0.39, 0.29) is 5.69 Å². The summed E-state index contributed by atoms with van der Waals surface area (Å²) in [5.41, 5.74) is 0.0342. The Morgan fingerprint density at radius 3 is 3.04 bits per heavy atom. The van der Waals surface area contributed by atoms with Crippen molar-refractivity contribution in [3.63, 3.8) is 0 Å². The van der Waals surface area contributed by atoms with Crippen molar-refractivity contribution in [1.29, 1.82) is 0 Å². The van der Waals surface area contributed by atoms with Crippen molar-refractivity contribution in [2.24, 2.45) is 4.99 Å². The third-order valence-electron chi connectivity index (χ3n) is 4.70. The lowest BCUT2D eigenvalue weighted by Crippen LogP contribution is -2.39. The van der Waals surface area contributed by atoms with E-state index in [2.05, 4.69) is 45.2 Å². The van der Waals surface area contributed by atoms with Gasteiger partial charge in [0, 0.05) is 50.4 Å². The molecule has 0 fully saturated rings. The summed E-state index contributed by atoms with van der Waals surface area (Å²) in [6.07, 6.45) is 3.95. The molecule has 3 heterocycles. The van der Waals surface area contributed by atoms with Crippen LogP contribution in [0.1, 0.15) is 42.8 Å². The van der Waals surface area contributed by atoms with Gasteiger partial charge in [-0.3, -0.25) is 9.56 Å². The molecule has 0 aromatic carbocycles. The fraction of sp³-hybridized carbons (Fsp3) is 0.611. The number of hydrogen-bond donors (Lipinski definition) is 2. The van der Waals surface area contributed by atoms with Gasteiger partial charge >= 0.3 is 5.69 Å². The Morgan fingerprint density at radius 2 is 2.31 bits per heavy atom. The molecule has 0 bridgehead atoms. The summed E-state index contributed by atoms with van der Waals surface area (Å²) in [5.74, 6) is 2.18. The summed E-state index contributed by atoms with van der Waals surface area (Å²) in [7, 11) is 1.78. The molecule has 3 rings (SSSR count). The van der Waals surface area contributed by atoms with E-state index in [1.54, 1.807) is 23.1 Å². The molecule has 0 aliphatic carbocycles. The number of thiophene rings is 1. The summed E-state index contributed by atoms with van der Waals surface area (Å²) in [6, 6.07) is 4.24. The molecule has 8 heteroatoms. The molecule has 1 unspecified atom stereocenters. The van der Waals surface area contributed by atoms with Gasteiger partial charge in [-0.15, -0.1) is 11.3 Å². The van der Waals surface area contributed by atoms with Crippen molar-refractivity contribution in [3.8, 4) is 0 Å². The van der Waals surface area contributed by atoms with Gasteiger partial charge in [0.2, 0.25) is 0 Å². The predicted molar refractivity (Wildman–Crippen MR) is 106 cm³/mol. The van der Waals surface area contributed by atoms with E-state index in [0.29, 0.717) is 12.5 Å². The zero-order valence-electron chi connectivity index (χ0n) is 15.6. The van der Waals surface area contributed by atoms with Gasteiger partial charge in [-0.05, 0) is 30.7 Å². The summed E-state index contributed by atoms with van der Waals surface area (Å²) in [5, 5.41) is 13.3. The Morgan fingerprint density at radius 1 is 1.42 bits per heavy atom. The van der Waals surface area contributed by atoms with Crippen molar-refractivity contribution in [2.45, 2.75) is 51.6 Å². The molecule has 7 nitrogen and oxygen atoms in total. The molecule has 0 saturated carbocycles. The first-order valence-electron chi connectivity index (χ1n) is 9.33. The van der Waals surface area contributed by atoms with Crippen molar-refractivity contribution in [3.05, 3.63) is 38.7 Å². The van der Waals surface area contributed by atoms with Gasteiger partial charge in [-0.1, -0.05) is 13.0 Å². The number of aliphatic imine (C=N–C) groups is 1. The summed E-state index contributed by atoms with van der Waals surface area (Å²) in [4.78, 5) is 17.9. The normalized spacial score (nSPS) is 15.5. The number of nitrogens with one attached hydrogen (secondary N) is 2. The minimum Gasteiger partial charge on any atom is -0.356 e. The minimum atomic E-state index is 0.0342. The molecule has 1 aliphatic rings. The first-order chi connectivity index (χ1) is 12.7. The molecule has 0 spiro atoms. The highest BCUT2D eigenvalue weighted by atomic mass is 32.1. The summed E-state index contributed by atoms with van der Waals surface area (Å²) < 4.78 is 3.43. The zero-order valence-corrected chi connectivity index (χ0v) is 16.4. The number of aryl methyl sites for hydroxylation is 2. The van der Waals surface area contributed by atoms with Gasteiger partial charge in [0.25, 0.3) is 0 Å². The maximum Gasteiger partial charge on any atom is 0.345 e. The third-order valence-corrected chi connectivity index (χ3v) is 5.80. The fourth-order valence-corrected chi connectivity index (χ4v) is 3.96. The van der Waals surface area contributed by atoms with Gasteiger partial charge in [-0.2, -0.15) is 5.10 Å². The number of rotatable bonds is 7. The monoisotopic (exact) mass is 376 g/mol. The fourth-order valence-electron chi connectivity index (χ4n) is 3.17. The van der Waals surface area contributed by atoms with Crippen LogP contribution in [0.15, 0.2) is 27.3 Å². The largest absolute Gasteiger partial charge is 0.356 e. The van der Waals surface area contributed by atoms with Crippen LogP contribution >= 0.6 is 11.3 Å². The Labute approximate surface area is 158 Å². The number of hydrogen-bond acceptors (Lipinski definition) is 4. The van der Waals surface area contributed by atoms with E-state index in [9.17, 15) is 4.79 Å². The van der Waals surface area contributed by atoms with E-state index in [0.717, 1.165) is 57.1 Å². The molecule has 1 atom stereocenters. The Balaban J connectivity index is 1.41. The highest BCUT2D eigenvalue weighted by Gasteiger charge is 2.16. The number of nitrogens with zero attached hydrogens (tertiary/aromatic N) is 4. The standard InChI is InChI=1S/C18H28N6OS/c1-14(15-7-5-12-26-15)13-21-17(19-2)20-9-6-11-24-18(25)23-10-4-3-8-16(23)22-24/h5,7,12,14H,3-4,6,8-11,13H2,1-2H3,(H2,19,20,21). The van der Waals surface area contributed by atoms with Crippen molar-refractivity contribution >= 4 is 17.3 Å². The average molecular weight is 377 g/mol. The topological polar surface area (TPSA) is 76.2 Å². The molecule has 142 valence electrons. The van der Waals surface area contributed by atoms with Crippen LogP contribution < -0.4 is 16.3 Å². The van der Waals surface area contributed by atoms with Crippen LogP contribution in [0.4, 0.5) is 0 Å². The Kier molecular flexibility index (Phi) is 6.49. The van der Waals surface area contributed by atoms with Crippen LogP contribution in [0.25, 0.3) is 0 Å². The second-order valence-electron chi connectivity index (χ2n) is 6.68. The third kappa shape index (κ3) is 4.55. The lowest BCUT2D eigenvalue weighted by atomic mass is 10.1. The van der Waals surface area contributed by atoms with Crippen molar-refractivity contribution in [2.75, 3.05) is 20.1 Å². The SMILES string of the molecule is CN=C(NCCCn1nc2n(c1=O)CCCC2)NCC(C)c1cccs1. The van der Waals surface area contributed by atoms with Gasteiger partial charge in [-0.25, -0.2) is 9.48 Å². The van der Waals surface area contributed by atoms with Crippen LogP contribution in [0.2, 0.25) is 0 Å². The molecular weight excluding hydrogens is 348 g/mol. The van der Waals surface area contributed by atoms with Crippen LogP contribution in [0, 0.1) is 0 Å². The number of aromatic nitrogens is 3. The second kappa shape index (κ2) is 9.02. The Bertz CT molecular complexity index is 776. The first-order valence-corrected chi connectivity index (χ1v) is 10.2. The van der Waals surface area contributed by atoms with E-state index in [1.807, 2.05) is 4.57 Å². The number of fused-ring (bicyclic) bond motifs is 1. The van der Waals surface area contributed by atoms with E-state index >= 15 is 0 Å². The van der Waals surface area contributed by atoms with Crippen LogP contribution in [0.3, 0.4) is 0 Å². The summed E-state index contributed by atoms with van der Waals surface area (Å²) in [6.45, 7) is 5.24. The zero-order chi connectivity index (χ0) is 18.4. The number of guanidine groups is 1. The lowest BCUT2D eigenvalue weighted by molar-refractivity contribution is 0.509. The quantitative estimate of drug-likeness (QED) is 0.439. The van der Waals surface area contributed by atoms with Crippen LogP contribution in [0.5, 0.6) is 0 Å². The van der Waals surface area contributed by atoms with Crippen molar-refractivity contribution in [1.82, 2.24) is 25.0 Å². The second-order valence-corrected chi connectivity index (χ2v) is 7.66. The minimum absolute atomic E-state index is 0.0342. The van der Waals surface area contributed by atoms with Crippen LogP contribution in [-0.2, 0) is 19.5 Å². The highest BCUT2D eigenvalue weighted by molar-refractivity contribution is 7.10. The summed E-state index contributed by atoms with van der Waals surface area (Å²) >= 11 is 1.78. The molecule has 2 aromatic rings. The van der Waals surface area contributed by atoms with Gasteiger partial charge in [0.15, 0.2) is 5.96 Å². The Hall–Kier alpha value is -2.09. The maximum atomic E-state index is 12.3. The van der Waals surface area contributed by atoms with Crippen LogP contribution in [-0.4, -0.2) is 40.4 Å². The van der Waals surface area contributed by atoms with Gasteiger partial charge < -0.3 is 10.6 Å². The molecule has 2 N–H and O–H groups in total. The first kappa shape index (κ1) is 18.7. The molecule has 0 saturated heterocycles. The molecule has 1 aliphatic heterocycles. The van der Waals surface area contributed by atoms with E-state index in [4.69, 9.17) is 0 Å². The molecule has 0 amide bonds. The smallest absolute Gasteiger partial charge is 0.345 e. The predicted octanol–water partition coefficient (Wildman–Crippen LogP) is 1.80. The highest BCUT2D eigenvalue weighted by Crippen LogP contribution is 2.19. The molecule has 2 aromatic heterocycles. The van der Waals surface area contributed by atoms with Crippen molar-refractivity contribution < 1.29 is 0 Å². The van der Waals surface area contributed by atoms with Gasteiger partial charge in [0.1, 0.15) is 5.82 Å². The van der Waals surface area contributed by atoms with E-state index < -0.39 is 0 Å².